The fourth-order valence-corrected chi connectivity index (χ4v) is 2.36. The highest BCUT2D eigenvalue weighted by atomic mass is 16.4. The third-order valence-corrected chi connectivity index (χ3v) is 3.48. The minimum atomic E-state index is -0.664. The Hall–Kier alpha value is -0.610. The van der Waals surface area contributed by atoms with Crippen LogP contribution in [0.5, 0.6) is 0 Å². The summed E-state index contributed by atoms with van der Waals surface area (Å²) in [6, 6.07) is 0. The molecule has 0 aromatic carbocycles. The van der Waals surface area contributed by atoms with Crippen LogP contribution in [0.4, 0.5) is 0 Å². The van der Waals surface area contributed by atoms with Crippen molar-refractivity contribution in [1.82, 2.24) is 5.32 Å². The SMILES string of the molecule is CCC(O)CNCC1CCCCC1C(=O)O. The molecule has 0 aromatic heterocycles. The van der Waals surface area contributed by atoms with E-state index in [4.69, 9.17) is 5.11 Å². The summed E-state index contributed by atoms with van der Waals surface area (Å²) >= 11 is 0. The summed E-state index contributed by atoms with van der Waals surface area (Å²) in [5.74, 6) is -0.627. The summed E-state index contributed by atoms with van der Waals surface area (Å²) < 4.78 is 0. The number of carboxylic acid groups (broad SMARTS) is 1. The summed E-state index contributed by atoms with van der Waals surface area (Å²) in [5.41, 5.74) is 0. The van der Waals surface area contributed by atoms with E-state index >= 15 is 0 Å². The lowest BCUT2D eigenvalue weighted by Gasteiger charge is -2.28. The maximum atomic E-state index is 11.0. The zero-order chi connectivity index (χ0) is 12.0. The van der Waals surface area contributed by atoms with Gasteiger partial charge < -0.3 is 15.5 Å². The van der Waals surface area contributed by atoms with Gasteiger partial charge in [-0.2, -0.15) is 0 Å². The van der Waals surface area contributed by atoms with Crippen LogP contribution in [-0.2, 0) is 4.79 Å². The van der Waals surface area contributed by atoms with Crippen LogP contribution in [0.1, 0.15) is 39.0 Å². The lowest BCUT2D eigenvalue weighted by atomic mass is 9.79. The summed E-state index contributed by atoms with van der Waals surface area (Å²) in [6.45, 7) is 3.22. The van der Waals surface area contributed by atoms with Gasteiger partial charge in [0.25, 0.3) is 0 Å². The number of aliphatic hydroxyl groups excluding tert-OH is 1. The number of hydrogen-bond donors (Lipinski definition) is 3. The van der Waals surface area contributed by atoms with Gasteiger partial charge in [0, 0.05) is 6.54 Å². The molecule has 3 N–H and O–H groups in total. The third-order valence-electron chi connectivity index (χ3n) is 3.48. The van der Waals surface area contributed by atoms with Crippen molar-refractivity contribution in [2.24, 2.45) is 11.8 Å². The van der Waals surface area contributed by atoms with Gasteiger partial charge in [-0.1, -0.05) is 19.8 Å². The van der Waals surface area contributed by atoms with Crippen LogP contribution in [0.15, 0.2) is 0 Å². The van der Waals surface area contributed by atoms with Crippen molar-refractivity contribution >= 4 is 5.97 Å². The maximum absolute atomic E-state index is 11.0. The Labute approximate surface area is 97.0 Å². The molecular formula is C12H23NO3. The predicted octanol–water partition coefficient (Wildman–Crippen LogP) is 1.24. The van der Waals surface area contributed by atoms with E-state index in [-0.39, 0.29) is 17.9 Å². The van der Waals surface area contributed by atoms with Gasteiger partial charge in [-0.25, -0.2) is 0 Å². The highest BCUT2D eigenvalue weighted by molar-refractivity contribution is 5.70. The first kappa shape index (κ1) is 13.5. The van der Waals surface area contributed by atoms with E-state index in [0.717, 1.165) is 32.1 Å². The van der Waals surface area contributed by atoms with Gasteiger partial charge >= 0.3 is 5.97 Å². The molecule has 0 amide bonds. The molecule has 1 saturated carbocycles. The lowest BCUT2D eigenvalue weighted by molar-refractivity contribution is -0.144. The Morgan fingerprint density at radius 1 is 1.44 bits per heavy atom. The number of hydrogen-bond acceptors (Lipinski definition) is 3. The first-order valence-corrected chi connectivity index (χ1v) is 6.26. The molecule has 3 unspecified atom stereocenters. The van der Waals surface area contributed by atoms with Crippen LogP contribution in [0.25, 0.3) is 0 Å². The average molecular weight is 229 g/mol. The van der Waals surface area contributed by atoms with E-state index in [1.807, 2.05) is 6.92 Å². The summed E-state index contributed by atoms with van der Waals surface area (Å²) in [4.78, 5) is 11.0. The maximum Gasteiger partial charge on any atom is 0.306 e. The molecule has 4 nitrogen and oxygen atoms in total. The van der Waals surface area contributed by atoms with Crippen LogP contribution in [-0.4, -0.2) is 35.4 Å². The first-order chi connectivity index (χ1) is 7.65. The molecule has 1 aliphatic carbocycles. The molecule has 94 valence electrons. The summed E-state index contributed by atoms with van der Waals surface area (Å²) in [7, 11) is 0. The lowest BCUT2D eigenvalue weighted by Crippen LogP contribution is -2.37. The number of carboxylic acids is 1. The predicted molar refractivity (Wildman–Crippen MR) is 62.3 cm³/mol. The number of rotatable bonds is 6. The monoisotopic (exact) mass is 229 g/mol. The van der Waals surface area contributed by atoms with E-state index in [0.29, 0.717) is 13.1 Å². The Kier molecular flexibility index (Phi) is 5.77. The molecule has 4 heteroatoms. The standard InChI is InChI=1S/C12H23NO3/c1-2-10(14)8-13-7-9-5-3-4-6-11(9)12(15)16/h9-11,13-14H,2-8H2,1H3,(H,15,16). The van der Waals surface area contributed by atoms with E-state index in [1.54, 1.807) is 0 Å². The van der Waals surface area contributed by atoms with Gasteiger partial charge in [-0.15, -0.1) is 0 Å². The topological polar surface area (TPSA) is 69.6 Å². The Balaban J connectivity index is 2.30. The third kappa shape index (κ3) is 4.10. The minimum Gasteiger partial charge on any atom is -0.481 e. The van der Waals surface area contributed by atoms with Gasteiger partial charge in [-0.3, -0.25) is 4.79 Å². The zero-order valence-electron chi connectivity index (χ0n) is 9.98. The van der Waals surface area contributed by atoms with Gasteiger partial charge in [-0.05, 0) is 31.7 Å². The quantitative estimate of drug-likeness (QED) is 0.641. The number of nitrogens with one attached hydrogen (secondary N) is 1. The van der Waals surface area contributed by atoms with Crippen molar-refractivity contribution in [3.05, 3.63) is 0 Å². The molecule has 0 heterocycles. The van der Waals surface area contributed by atoms with Gasteiger partial charge in [0.1, 0.15) is 0 Å². The second-order valence-corrected chi connectivity index (χ2v) is 4.71. The zero-order valence-corrected chi connectivity index (χ0v) is 9.98. The number of aliphatic carboxylic acids is 1. The van der Waals surface area contributed by atoms with Crippen LogP contribution in [0.2, 0.25) is 0 Å². The van der Waals surface area contributed by atoms with E-state index < -0.39 is 5.97 Å². The second kappa shape index (κ2) is 6.86. The molecular weight excluding hydrogens is 206 g/mol. The van der Waals surface area contributed by atoms with Crippen molar-refractivity contribution in [3.63, 3.8) is 0 Å². The molecule has 0 saturated heterocycles. The van der Waals surface area contributed by atoms with Gasteiger partial charge in [0.05, 0.1) is 12.0 Å². The Morgan fingerprint density at radius 3 is 2.75 bits per heavy atom. The Morgan fingerprint density at radius 2 is 2.12 bits per heavy atom. The summed E-state index contributed by atoms with van der Waals surface area (Å²) in [5, 5.41) is 21.6. The van der Waals surface area contributed by atoms with Crippen molar-refractivity contribution in [1.29, 1.82) is 0 Å². The molecule has 1 rings (SSSR count). The highest BCUT2D eigenvalue weighted by Crippen LogP contribution is 2.29. The normalized spacial score (nSPS) is 27.6. The van der Waals surface area contributed by atoms with Crippen molar-refractivity contribution < 1.29 is 15.0 Å². The Bertz CT molecular complexity index is 220. The summed E-state index contributed by atoms with van der Waals surface area (Å²) in [6.07, 6.45) is 4.38. The second-order valence-electron chi connectivity index (χ2n) is 4.71. The fourth-order valence-electron chi connectivity index (χ4n) is 2.36. The molecule has 16 heavy (non-hydrogen) atoms. The van der Waals surface area contributed by atoms with Crippen LogP contribution >= 0.6 is 0 Å². The number of carbonyl (C=O) groups is 1. The smallest absolute Gasteiger partial charge is 0.306 e. The van der Waals surface area contributed by atoms with Crippen molar-refractivity contribution in [3.8, 4) is 0 Å². The largest absolute Gasteiger partial charge is 0.481 e. The molecule has 0 bridgehead atoms. The van der Waals surface area contributed by atoms with Crippen LogP contribution < -0.4 is 5.32 Å². The molecule has 0 aromatic rings. The minimum absolute atomic E-state index is 0.194. The molecule has 1 fully saturated rings. The molecule has 0 radical (unpaired) electrons. The first-order valence-electron chi connectivity index (χ1n) is 6.26. The van der Waals surface area contributed by atoms with Crippen LogP contribution in [0.3, 0.4) is 0 Å². The fraction of sp³-hybridized carbons (Fsp3) is 0.917. The molecule has 3 atom stereocenters. The molecule has 0 spiro atoms. The van der Waals surface area contributed by atoms with Crippen molar-refractivity contribution in [2.75, 3.05) is 13.1 Å². The molecule has 1 aliphatic rings. The van der Waals surface area contributed by atoms with Crippen LogP contribution in [0, 0.1) is 11.8 Å². The molecule has 0 aliphatic heterocycles. The van der Waals surface area contributed by atoms with Gasteiger partial charge in [0.15, 0.2) is 0 Å². The van der Waals surface area contributed by atoms with E-state index in [1.165, 1.54) is 0 Å². The number of aliphatic hydroxyl groups is 1. The van der Waals surface area contributed by atoms with Crippen molar-refractivity contribution in [2.45, 2.75) is 45.1 Å². The average Bonchev–Trinajstić information content (AvgIpc) is 2.29. The van der Waals surface area contributed by atoms with E-state index in [2.05, 4.69) is 5.32 Å². The van der Waals surface area contributed by atoms with Gasteiger partial charge in [0.2, 0.25) is 0 Å². The van der Waals surface area contributed by atoms with E-state index in [9.17, 15) is 9.90 Å². The highest BCUT2D eigenvalue weighted by Gasteiger charge is 2.30.